The fourth-order valence-electron chi connectivity index (χ4n) is 2.54. The van der Waals surface area contributed by atoms with Crippen molar-refractivity contribution in [3.05, 3.63) is 10.6 Å². The minimum atomic E-state index is 0.0529. The Morgan fingerprint density at radius 2 is 2.39 bits per heavy atom. The van der Waals surface area contributed by atoms with Crippen molar-refractivity contribution in [3.8, 4) is 0 Å². The lowest BCUT2D eigenvalue weighted by molar-refractivity contribution is -0.119. The summed E-state index contributed by atoms with van der Waals surface area (Å²) in [6.07, 6.45) is 3.47. The summed E-state index contributed by atoms with van der Waals surface area (Å²) in [5.74, 6) is 0.118. The Labute approximate surface area is 110 Å². The molecule has 2 unspecified atom stereocenters. The molecular weight excluding hydrogens is 250 g/mol. The number of amides is 1. The number of carbonyl (C=O) groups is 1. The summed E-state index contributed by atoms with van der Waals surface area (Å²) in [5.41, 5.74) is 6.90. The molecule has 2 heterocycles. The molecule has 1 aromatic rings. The number of nitrogens with two attached hydrogens (primary N) is 1. The molecule has 0 saturated heterocycles. The average Bonchev–Trinajstić information content (AvgIpc) is 2.94. The molecule has 18 heavy (non-hydrogen) atoms. The first-order chi connectivity index (χ1) is 8.72. The Morgan fingerprint density at radius 1 is 1.50 bits per heavy atom. The summed E-state index contributed by atoms with van der Waals surface area (Å²) in [4.78, 5) is 17.6. The van der Waals surface area contributed by atoms with E-state index in [4.69, 9.17) is 10.5 Å². The van der Waals surface area contributed by atoms with E-state index in [0.29, 0.717) is 11.7 Å². The highest BCUT2D eigenvalue weighted by atomic mass is 32.1. The molecule has 1 aliphatic carbocycles. The molecule has 6 heteroatoms. The summed E-state index contributed by atoms with van der Waals surface area (Å²) in [7, 11) is 0. The van der Waals surface area contributed by atoms with Crippen LogP contribution in [0.15, 0.2) is 0 Å². The van der Waals surface area contributed by atoms with Crippen LogP contribution in [0.2, 0.25) is 0 Å². The third-order valence-corrected chi connectivity index (χ3v) is 4.56. The lowest BCUT2D eigenvalue weighted by Crippen LogP contribution is -2.23. The van der Waals surface area contributed by atoms with Gasteiger partial charge in [0.05, 0.1) is 23.8 Å². The van der Waals surface area contributed by atoms with Crippen molar-refractivity contribution in [1.29, 1.82) is 0 Å². The molecule has 98 valence electrons. The molecule has 2 aliphatic rings. The monoisotopic (exact) mass is 267 g/mol. The van der Waals surface area contributed by atoms with E-state index in [9.17, 15) is 4.79 Å². The molecule has 3 N–H and O–H groups in total. The number of nitrogens with zero attached hydrogens (tertiary/aromatic N) is 1. The number of fused-ring (bicyclic) bond motifs is 1. The maximum atomic E-state index is 12.0. The van der Waals surface area contributed by atoms with E-state index in [1.807, 2.05) is 0 Å². The van der Waals surface area contributed by atoms with E-state index < -0.39 is 0 Å². The van der Waals surface area contributed by atoms with Crippen LogP contribution in [-0.4, -0.2) is 23.5 Å². The van der Waals surface area contributed by atoms with Gasteiger partial charge < -0.3 is 15.8 Å². The fraction of sp³-hybridized carbons (Fsp3) is 0.667. The van der Waals surface area contributed by atoms with Gasteiger partial charge in [0, 0.05) is 18.4 Å². The van der Waals surface area contributed by atoms with Gasteiger partial charge in [-0.05, 0) is 19.3 Å². The largest absolute Gasteiger partial charge is 0.375 e. The van der Waals surface area contributed by atoms with Crippen LogP contribution in [0.5, 0.6) is 0 Å². The highest BCUT2D eigenvalue weighted by Crippen LogP contribution is 2.29. The third kappa shape index (κ3) is 2.41. The molecule has 0 bridgehead atoms. The predicted octanol–water partition coefficient (Wildman–Crippen LogP) is 1.28. The molecular formula is C12H17N3O2S. The molecule has 5 nitrogen and oxygen atoms in total. The fourth-order valence-corrected chi connectivity index (χ4v) is 3.49. The van der Waals surface area contributed by atoms with Crippen molar-refractivity contribution in [2.75, 3.05) is 11.9 Å². The predicted molar refractivity (Wildman–Crippen MR) is 69.4 cm³/mol. The second-order valence-electron chi connectivity index (χ2n) is 4.95. The maximum absolute atomic E-state index is 12.0. The number of aromatic nitrogens is 1. The van der Waals surface area contributed by atoms with Crippen molar-refractivity contribution < 1.29 is 9.53 Å². The van der Waals surface area contributed by atoms with Crippen LogP contribution in [0.1, 0.15) is 29.8 Å². The minimum Gasteiger partial charge on any atom is -0.375 e. The third-order valence-electron chi connectivity index (χ3n) is 3.57. The van der Waals surface area contributed by atoms with E-state index in [-0.39, 0.29) is 17.9 Å². The van der Waals surface area contributed by atoms with Crippen molar-refractivity contribution >= 4 is 22.4 Å². The zero-order valence-corrected chi connectivity index (χ0v) is 11.0. The van der Waals surface area contributed by atoms with E-state index >= 15 is 0 Å². The standard InChI is InChI=1S/C12H17N3O2S/c13-8-2-1-7(5-8)11(16)15-12-14-9-3-4-17-6-10(9)18-12/h7-8H,1-6,13H2,(H,14,15,16). The Kier molecular flexibility index (Phi) is 3.32. The normalized spacial score (nSPS) is 26.9. The lowest BCUT2D eigenvalue weighted by atomic mass is 10.1. The van der Waals surface area contributed by atoms with E-state index in [1.54, 1.807) is 0 Å². The summed E-state index contributed by atoms with van der Waals surface area (Å²) in [6, 6.07) is 0.179. The van der Waals surface area contributed by atoms with Crippen LogP contribution < -0.4 is 11.1 Å². The highest BCUT2D eigenvalue weighted by molar-refractivity contribution is 7.15. The summed E-state index contributed by atoms with van der Waals surface area (Å²) < 4.78 is 5.37. The van der Waals surface area contributed by atoms with E-state index in [0.717, 1.165) is 42.9 Å². The average molecular weight is 267 g/mol. The van der Waals surface area contributed by atoms with Gasteiger partial charge in [0.25, 0.3) is 0 Å². The number of ether oxygens (including phenoxy) is 1. The SMILES string of the molecule is NC1CCC(C(=O)Nc2nc3c(s2)COCC3)C1. The van der Waals surface area contributed by atoms with Crippen LogP contribution >= 0.6 is 11.3 Å². The zero-order chi connectivity index (χ0) is 12.5. The first-order valence-electron chi connectivity index (χ1n) is 6.35. The molecule has 0 aromatic carbocycles. The molecule has 1 amide bonds. The van der Waals surface area contributed by atoms with Gasteiger partial charge in [-0.3, -0.25) is 4.79 Å². The van der Waals surface area contributed by atoms with Gasteiger partial charge in [-0.25, -0.2) is 4.98 Å². The van der Waals surface area contributed by atoms with Crippen LogP contribution in [0.25, 0.3) is 0 Å². The first kappa shape index (κ1) is 12.1. The van der Waals surface area contributed by atoms with Gasteiger partial charge in [0.1, 0.15) is 0 Å². The number of carbonyl (C=O) groups excluding carboxylic acids is 1. The van der Waals surface area contributed by atoms with Gasteiger partial charge in [-0.15, -0.1) is 0 Å². The summed E-state index contributed by atoms with van der Waals surface area (Å²) in [6.45, 7) is 1.35. The molecule has 3 rings (SSSR count). The number of rotatable bonds is 2. The second-order valence-corrected chi connectivity index (χ2v) is 6.03. The van der Waals surface area contributed by atoms with Crippen LogP contribution in [0.4, 0.5) is 5.13 Å². The van der Waals surface area contributed by atoms with Gasteiger partial charge in [-0.2, -0.15) is 0 Å². The summed E-state index contributed by atoms with van der Waals surface area (Å²) >= 11 is 1.52. The second kappa shape index (κ2) is 4.95. The maximum Gasteiger partial charge on any atom is 0.229 e. The molecule has 0 spiro atoms. The number of anilines is 1. The number of nitrogens with one attached hydrogen (secondary N) is 1. The minimum absolute atomic E-state index is 0.0529. The highest BCUT2D eigenvalue weighted by Gasteiger charge is 2.28. The van der Waals surface area contributed by atoms with Crippen LogP contribution in [0.3, 0.4) is 0 Å². The van der Waals surface area contributed by atoms with Gasteiger partial charge in [-0.1, -0.05) is 11.3 Å². The van der Waals surface area contributed by atoms with Crippen molar-refractivity contribution in [1.82, 2.24) is 4.98 Å². The number of hydrogen-bond acceptors (Lipinski definition) is 5. The van der Waals surface area contributed by atoms with Crippen molar-refractivity contribution in [2.45, 2.75) is 38.3 Å². The molecule has 1 fully saturated rings. The molecule has 2 atom stereocenters. The molecule has 1 aliphatic heterocycles. The van der Waals surface area contributed by atoms with Gasteiger partial charge >= 0.3 is 0 Å². The topological polar surface area (TPSA) is 77.2 Å². The Bertz CT molecular complexity index is 437. The van der Waals surface area contributed by atoms with Crippen molar-refractivity contribution in [3.63, 3.8) is 0 Å². The summed E-state index contributed by atoms with van der Waals surface area (Å²) in [5, 5.41) is 3.62. The molecule has 1 aromatic heterocycles. The van der Waals surface area contributed by atoms with E-state index in [2.05, 4.69) is 10.3 Å². The Balaban J connectivity index is 1.65. The quantitative estimate of drug-likeness (QED) is 0.846. The smallest absolute Gasteiger partial charge is 0.229 e. The molecule has 0 radical (unpaired) electrons. The lowest BCUT2D eigenvalue weighted by Gasteiger charge is -2.08. The Morgan fingerprint density at radius 3 is 3.11 bits per heavy atom. The van der Waals surface area contributed by atoms with Gasteiger partial charge in [0.15, 0.2) is 5.13 Å². The van der Waals surface area contributed by atoms with E-state index in [1.165, 1.54) is 11.3 Å². The first-order valence-corrected chi connectivity index (χ1v) is 7.17. The zero-order valence-electron chi connectivity index (χ0n) is 10.1. The van der Waals surface area contributed by atoms with Gasteiger partial charge in [0.2, 0.25) is 5.91 Å². The Hall–Kier alpha value is -0.980. The number of thiazole rings is 1. The van der Waals surface area contributed by atoms with Crippen LogP contribution in [0, 0.1) is 5.92 Å². The van der Waals surface area contributed by atoms with Crippen molar-refractivity contribution in [2.24, 2.45) is 11.7 Å². The molecule has 1 saturated carbocycles. The number of hydrogen-bond donors (Lipinski definition) is 2. The van der Waals surface area contributed by atoms with Crippen LogP contribution in [-0.2, 0) is 22.6 Å².